The van der Waals surface area contributed by atoms with E-state index in [-0.39, 0.29) is 0 Å². The minimum absolute atomic E-state index is 0.405. The Labute approximate surface area is 122 Å². The number of ether oxygens (including phenoxy) is 1. The molecule has 0 spiro atoms. The Morgan fingerprint density at radius 2 is 1.75 bits per heavy atom. The summed E-state index contributed by atoms with van der Waals surface area (Å²) in [5.74, 6) is 1.21. The van der Waals surface area contributed by atoms with Gasteiger partial charge in [-0.25, -0.2) is 0 Å². The minimum atomic E-state index is 0.405. The molecule has 6 nitrogen and oxygen atoms in total. The van der Waals surface area contributed by atoms with E-state index in [0.29, 0.717) is 24.5 Å². The molecule has 1 rings (SSSR count). The molecule has 0 unspecified atom stereocenters. The van der Waals surface area contributed by atoms with Crippen LogP contribution in [-0.4, -0.2) is 41.7 Å². The first-order valence-electron chi connectivity index (χ1n) is 7.56. The van der Waals surface area contributed by atoms with Gasteiger partial charge in [-0.15, -0.1) is 0 Å². The van der Waals surface area contributed by atoms with Gasteiger partial charge in [-0.2, -0.15) is 15.0 Å². The lowest BCUT2D eigenvalue weighted by molar-refractivity contribution is 0.281. The largest absolute Gasteiger partial charge is 0.463 e. The molecule has 0 aliphatic rings. The zero-order valence-electron chi connectivity index (χ0n) is 13.1. The molecule has 1 aromatic heterocycles. The fraction of sp³-hybridized carbons (Fsp3) is 0.786. The molecule has 114 valence electrons. The van der Waals surface area contributed by atoms with Crippen LogP contribution < -0.4 is 15.0 Å². The number of unbranched alkanes of at least 4 members (excludes halogenated alkanes) is 3. The van der Waals surface area contributed by atoms with Crippen LogP contribution in [-0.2, 0) is 0 Å². The van der Waals surface area contributed by atoms with Crippen LogP contribution in [0.5, 0.6) is 6.01 Å². The Balaban J connectivity index is 2.67. The standard InChI is InChI=1S/C14H27N5O/c1-5-8-9-10-11-20-14-17-12(15-4)16-13(18-14)19(6-2)7-3/h5-11H2,1-4H3,(H,15,16,17,18). The van der Waals surface area contributed by atoms with Gasteiger partial charge in [-0.1, -0.05) is 26.2 Å². The lowest BCUT2D eigenvalue weighted by atomic mass is 10.2. The van der Waals surface area contributed by atoms with E-state index in [1.54, 1.807) is 7.05 Å². The summed E-state index contributed by atoms with van der Waals surface area (Å²) in [5.41, 5.74) is 0. The Hall–Kier alpha value is -1.59. The fourth-order valence-corrected chi connectivity index (χ4v) is 1.86. The number of rotatable bonds is 10. The predicted molar refractivity (Wildman–Crippen MR) is 82.6 cm³/mol. The summed E-state index contributed by atoms with van der Waals surface area (Å²) in [7, 11) is 1.80. The summed E-state index contributed by atoms with van der Waals surface area (Å²) in [6.45, 7) is 8.74. The lowest BCUT2D eigenvalue weighted by Crippen LogP contribution is -2.25. The summed E-state index contributed by atoms with van der Waals surface area (Å²) in [5, 5.41) is 2.95. The third-order valence-electron chi connectivity index (χ3n) is 3.10. The highest BCUT2D eigenvalue weighted by atomic mass is 16.5. The normalized spacial score (nSPS) is 10.4. The van der Waals surface area contributed by atoms with Gasteiger partial charge in [0.15, 0.2) is 0 Å². The number of nitrogens with one attached hydrogen (secondary N) is 1. The zero-order chi connectivity index (χ0) is 14.8. The van der Waals surface area contributed by atoms with Crippen molar-refractivity contribution in [2.45, 2.75) is 46.5 Å². The molecule has 6 heteroatoms. The van der Waals surface area contributed by atoms with E-state index in [1.165, 1.54) is 19.3 Å². The third-order valence-corrected chi connectivity index (χ3v) is 3.10. The number of anilines is 2. The Morgan fingerprint density at radius 1 is 1.00 bits per heavy atom. The highest BCUT2D eigenvalue weighted by Gasteiger charge is 2.11. The van der Waals surface area contributed by atoms with Crippen molar-refractivity contribution < 1.29 is 4.74 Å². The first-order valence-corrected chi connectivity index (χ1v) is 7.56. The monoisotopic (exact) mass is 281 g/mol. The number of nitrogens with zero attached hydrogens (tertiary/aromatic N) is 4. The van der Waals surface area contributed by atoms with Gasteiger partial charge >= 0.3 is 6.01 Å². The van der Waals surface area contributed by atoms with Gasteiger partial charge in [-0.3, -0.25) is 0 Å². The molecule has 0 aliphatic heterocycles. The Bertz CT molecular complexity index is 382. The van der Waals surface area contributed by atoms with Crippen LogP contribution in [0.4, 0.5) is 11.9 Å². The fourth-order valence-electron chi connectivity index (χ4n) is 1.86. The van der Waals surface area contributed by atoms with Crippen LogP contribution >= 0.6 is 0 Å². The second-order valence-corrected chi connectivity index (χ2v) is 4.57. The SMILES string of the molecule is CCCCCCOc1nc(NC)nc(N(CC)CC)n1. The van der Waals surface area contributed by atoms with E-state index in [1.807, 2.05) is 0 Å². The Kier molecular flexibility index (Phi) is 7.69. The van der Waals surface area contributed by atoms with Crippen LogP contribution in [0.3, 0.4) is 0 Å². The van der Waals surface area contributed by atoms with Crippen LogP contribution in [0.25, 0.3) is 0 Å². The van der Waals surface area contributed by atoms with Crippen molar-refractivity contribution in [3.05, 3.63) is 0 Å². The smallest absolute Gasteiger partial charge is 0.323 e. The van der Waals surface area contributed by atoms with Gasteiger partial charge < -0.3 is 15.0 Å². The first-order chi connectivity index (χ1) is 9.74. The molecular formula is C14H27N5O. The number of aromatic nitrogens is 3. The average Bonchev–Trinajstić information content (AvgIpc) is 2.48. The van der Waals surface area contributed by atoms with Crippen LogP contribution in [0.2, 0.25) is 0 Å². The third kappa shape index (κ3) is 5.19. The van der Waals surface area contributed by atoms with Gasteiger partial charge in [-0.05, 0) is 20.3 Å². The van der Waals surface area contributed by atoms with Crippen LogP contribution in [0.15, 0.2) is 0 Å². The van der Waals surface area contributed by atoms with E-state index >= 15 is 0 Å². The maximum atomic E-state index is 5.65. The van der Waals surface area contributed by atoms with E-state index in [9.17, 15) is 0 Å². The molecule has 0 amide bonds. The molecule has 0 aliphatic carbocycles. The molecular weight excluding hydrogens is 254 g/mol. The second kappa shape index (κ2) is 9.34. The van der Waals surface area contributed by atoms with Crippen molar-refractivity contribution in [1.82, 2.24) is 15.0 Å². The van der Waals surface area contributed by atoms with E-state index in [2.05, 4.69) is 45.9 Å². The summed E-state index contributed by atoms with van der Waals surface area (Å²) in [6, 6.07) is 0.405. The summed E-state index contributed by atoms with van der Waals surface area (Å²) in [4.78, 5) is 15.1. The second-order valence-electron chi connectivity index (χ2n) is 4.57. The predicted octanol–water partition coefficient (Wildman–Crippen LogP) is 2.72. The maximum Gasteiger partial charge on any atom is 0.323 e. The van der Waals surface area contributed by atoms with E-state index in [4.69, 9.17) is 4.74 Å². The van der Waals surface area contributed by atoms with Crippen LogP contribution in [0, 0.1) is 0 Å². The Morgan fingerprint density at radius 3 is 2.35 bits per heavy atom. The van der Waals surface area contributed by atoms with Crippen molar-refractivity contribution in [3.8, 4) is 6.01 Å². The van der Waals surface area contributed by atoms with Gasteiger partial charge in [0.05, 0.1) is 6.61 Å². The van der Waals surface area contributed by atoms with Crippen LogP contribution in [0.1, 0.15) is 46.5 Å². The molecule has 0 fully saturated rings. The highest BCUT2D eigenvalue weighted by Crippen LogP contribution is 2.15. The first kappa shape index (κ1) is 16.5. The zero-order valence-corrected chi connectivity index (χ0v) is 13.1. The van der Waals surface area contributed by atoms with Crippen molar-refractivity contribution in [1.29, 1.82) is 0 Å². The van der Waals surface area contributed by atoms with Crippen molar-refractivity contribution >= 4 is 11.9 Å². The van der Waals surface area contributed by atoms with E-state index in [0.717, 1.165) is 19.5 Å². The van der Waals surface area contributed by atoms with Gasteiger partial charge in [0.25, 0.3) is 0 Å². The molecule has 20 heavy (non-hydrogen) atoms. The summed E-state index contributed by atoms with van der Waals surface area (Å²) < 4.78 is 5.65. The highest BCUT2D eigenvalue weighted by molar-refractivity contribution is 5.37. The number of hydrogen-bond acceptors (Lipinski definition) is 6. The molecule has 1 heterocycles. The topological polar surface area (TPSA) is 63.2 Å². The lowest BCUT2D eigenvalue weighted by Gasteiger charge is -2.19. The number of hydrogen-bond donors (Lipinski definition) is 1. The van der Waals surface area contributed by atoms with Gasteiger partial charge in [0, 0.05) is 20.1 Å². The van der Waals surface area contributed by atoms with Crippen molar-refractivity contribution in [2.24, 2.45) is 0 Å². The van der Waals surface area contributed by atoms with Crippen molar-refractivity contribution in [3.63, 3.8) is 0 Å². The quantitative estimate of drug-likeness (QED) is 0.665. The molecule has 0 atom stereocenters. The molecule has 0 saturated heterocycles. The molecule has 1 aromatic rings. The molecule has 0 radical (unpaired) electrons. The average molecular weight is 281 g/mol. The van der Waals surface area contributed by atoms with Crippen molar-refractivity contribution in [2.75, 3.05) is 37.0 Å². The minimum Gasteiger partial charge on any atom is -0.463 e. The summed E-state index contributed by atoms with van der Waals surface area (Å²) >= 11 is 0. The summed E-state index contributed by atoms with van der Waals surface area (Å²) in [6.07, 6.45) is 4.69. The molecule has 0 bridgehead atoms. The molecule has 0 saturated carbocycles. The van der Waals surface area contributed by atoms with Gasteiger partial charge in [0.2, 0.25) is 11.9 Å². The van der Waals surface area contributed by atoms with Gasteiger partial charge in [0.1, 0.15) is 0 Å². The maximum absolute atomic E-state index is 5.65. The molecule has 0 aromatic carbocycles. The molecule has 1 N–H and O–H groups in total. The van der Waals surface area contributed by atoms with E-state index < -0.39 is 0 Å².